The maximum atomic E-state index is 12.6. The van der Waals surface area contributed by atoms with Crippen molar-refractivity contribution in [2.45, 2.75) is 26.6 Å². The fraction of sp³-hybridized carbons (Fsp3) is 0.417. The molecular weight excluding hydrogens is 273 g/mol. The molecule has 0 atom stereocenters. The number of aryl methyl sites for hydroxylation is 1. The van der Waals surface area contributed by atoms with Crippen molar-refractivity contribution in [3.05, 3.63) is 24.2 Å². The van der Waals surface area contributed by atoms with Gasteiger partial charge in [-0.3, -0.25) is 0 Å². The van der Waals surface area contributed by atoms with Crippen molar-refractivity contribution in [1.82, 2.24) is 19.7 Å². The lowest BCUT2D eigenvalue weighted by molar-refractivity contribution is -0.142. The van der Waals surface area contributed by atoms with Crippen molar-refractivity contribution < 1.29 is 17.9 Å². The van der Waals surface area contributed by atoms with Crippen LogP contribution in [0.3, 0.4) is 0 Å². The SMILES string of the molecule is CCOc1ncccc1-c1nc(C)nn1CC(F)(F)F. The molecule has 2 heterocycles. The summed E-state index contributed by atoms with van der Waals surface area (Å²) in [6.45, 7) is 2.46. The average molecular weight is 286 g/mol. The van der Waals surface area contributed by atoms with Crippen molar-refractivity contribution in [2.75, 3.05) is 6.61 Å². The predicted molar refractivity (Wildman–Crippen MR) is 65.2 cm³/mol. The van der Waals surface area contributed by atoms with Crippen molar-refractivity contribution in [1.29, 1.82) is 0 Å². The minimum Gasteiger partial charge on any atom is -0.477 e. The van der Waals surface area contributed by atoms with E-state index in [1.54, 1.807) is 19.1 Å². The van der Waals surface area contributed by atoms with Crippen LogP contribution in [-0.4, -0.2) is 32.5 Å². The maximum absolute atomic E-state index is 12.6. The zero-order chi connectivity index (χ0) is 14.8. The zero-order valence-electron chi connectivity index (χ0n) is 11.0. The van der Waals surface area contributed by atoms with E-state index < -0.39 is 12.7 Å². The number of ether oxygens (including phenoxy) is 1. The molecule has 0 N–H and O–H groups in total. The number of nitrogens with zero attached hydrogens (tertiary/aromatic N) is 4. The predicted octanol–water partition coefficient (Wildman–Crippen LogP) is 2.61. The van der Waals surface area contributed by atoms with Gasteiger partial charge in [-0.1, -0.05) is 0 Å². The molecular formula is C12H13F3N4O. The van der Waals surface area contributed by atoms with Gasteiger partial charge in [-0.25, -0.2) is 14.6 Å². The molecule has 20 heavy (non-hydrogen) atoms. The molecule has 0 amide bonds. The van der Waals surface area contributed by atoms with Crippen LogP contribution in [0.2, 0.25) is 0 Å². The maximum Gasteiger partial charge on any atom is 0.408 e. The highest BCUT2D eigenvalue weighted by Crippen LogP contribution is 2.28. The van der Waals surface area contributed by atoms with Gasteiger partial charge in [0.15, 0.2) is 5.82 Å². The summed E-state index contributed by atoms with van der Waals surface area (Å²) in [5.74, 6) is 0.595. The Morgan fingerprint density at radius 3 is 2.75 bits per heavy atom. The van der Waals surface area contributed by atoms with Gasteiger partial charge >= 0.3 is 6.18 Å². The van der Waals surface area contributed by atoms with E-state index in [0.717, 1.165) is 4.68 Å². The second kappa shape index (κ2) is 5.48. The van der Waals surface area contributed by atoms with E-state index in [2.05, 4.69) is 15.1 Å². The van der Waals surface area contributed by atoms with Crippen LogP contribution in [0.5, 0.6) is 5.88 Å². The number of aromatic nitrogens is 4. The molecule has 2 aromatic rings. The van der Waals surface area contributed by atoms with Crippen LogP contribution in [0.4, 0.5) is 13.2 Å². The van der Waals surface area contributed by atoms with Crippen LogP contribution in [-0.2, 0) is 6.54 Å². The summed E-state index contributed by atoms with van der Waals surface area (Å²) >= 11 is 0. The number of pyridine rings is 1. The van der Waals surface area contributed by atoms with Gasteiger partial charge in [0.25, 0.3) is 0 Å². The van der Waals surface area contributed by atoms with Gasteiger partial charge < -0.3 is 4.74 Å². The first-order valence-corrected chi connectivity index (χ1v) is 5.97. The number of alkyl halides is 3. The highest BCUT2D eigenvalue weighted by Gasteiger charge is 2.31. The summed E-state index contributed by atoms with van der Waals surface area (Å²) in [6.07, 6.45) is -2.87. The molecule has 108 valence electrons. The molecule has 0 aliphatic carbocycles. The lowest BCUT2D eigenvalue weighted by Gasteiger charge is -2.11. The molecule has 0 spiro atoms. The summed E-state index contributed by atoms with van der Waals surface area (Å²) in [7, 11) is 0. The Kier molecular flexibility index (Phi) is 3.91. The second-order valence-electron chi connectivity index (χ2n) is 4.04. The van der Waals surface area contributed by atoms with E-state index in [1.165, 1.54) is 13.1 Å². The third-order valence-electron chi connectivity index (χ3n) is 2.40. The molecule has 0 saturated heterocycles. The first-order valence-electron chi connectivity index (χ1n) is 5.97. The molecule has 0 aromatic carbocycles. The molecule has 2 rings (SSSR count). The van der Waals surface area contributed by atoms with Gasteiger partial charge in [0.1, 0.15) is 12.4 Å². The molecule has 0 unspecified atom stereocenters. The van der Waals surface area contributed by atoms with Gasteiger partial charge in [0.05, 0.1) is 12.2 Å². The summed E-state index contributed by atoms with van der Waals surface area (Å²) in [5.41, 5.74) is 0.388. The normalized spacial score (nSPS) is 11.7. The first kappa shape index (κ1) is 14.3. The highest BCUT2D eigenvalue weighted by molar-refractivity contribution is 5.61. The number of hydrogen-bond donors (Lipinski definition) is 0. The Hall–Kier alpha value is -2.12. The number of halogens is 3. The van der Waals surface area contributed by atoms with Gasteiger partial charge in [0, 0.05) is 6.20 Å². The van der Waals surface area contributed by atoms with Gasteiger partial charge in [-0.05, 0) is 26.0 Å². The van der Waals surface area contributed by atoms with Crippen molar-refractivity contribution >= 4 is 0 Å². The van der Waals surface area contributed by atoms with Gasteiger partial charge in [0.2, 0.25) is 5.88 Å². The summed E-state index contributed by atoms with van der Waals surface area (Å²) in [5, 5.41) is 3.78. The molecule has 5 nitrogen and oxygen atoms in total. The molecule has 2 aromatic heterocycles. The molecule has 0 bridgehead atoms. The van der Waals surface area contributed by atoms with E-state index in [-0.39, 0.29) is 17.5 Å². The average Bonchev–Trinajstić information content (AvgIpc) is 2.69. The minimum absolute atomic E-state index is 0.0939. The lowest BCUT2D eigenvalue weighted by Crippen LogP contribution is -2.19. The number of hydrogen-bond acceptors (Lipinski definition) is 4. The summed E-state index contributed by atoms with van der Waals surface area (Å²) in [4.78, 5) is 8.05. The van der Waals surface area contributed by atoms with Crippen LogP contribution in [0, 0.1) is 6.92 Å². The van der Waals surface area contributed by atoms with E-state index >= 15 is 0 Å². The Morgan fingerprint density at radius 1 is 1.35 bits per heavy atom. The summed E-state index contributed by atoms with van der Waals surface area (Å²) in [6, 6.07) is 3.22. The van der Waals surface area contributed by atoms with E-state index in [9.17, 15) is 13.2 Å². The van der Waals surface area contributed by atoms with Gasteiger partial charge in [-0.15, -0.1) is 0 Å². The fourth-order valence-corrected chi connectivity index (χ4v) is 1.75. The zero-order valence-corrected chi connectivity index (χ0v) is 11.0. The monoisotopic (exact) mass is 286 g/mol. The topological polar surface area (TPSA) is 52.8 Å². The Morgan fingerprint density at radius 2 is 2.10 bits per heavy atom. The first-order chi connectivity index (χ1) is 9.40. The Balaban J connectivity index is 2.47. The minimum atomic E-state index is -4.37. The third kappa shape index (κ3) is 3.25. The van der Waals surface area contributed by atoms with E-state index in [4.69, 9.17) is 4.74 Å². The van der Waals surface area contributed by atoms with Crippen LogP contribution >= 0.6 is 0 Å². The van der Waals surface area contributed by atoms with Crippen LogP contribution in [0.1, 0.15) is 12.7 Å². The van der Waals surface area contributed by atoms with Crippen LogP contribution < -0.4 is 4.74 Å². The molecule has 8 heteroatoms. The molecule has 0 saturated carbocycles. The molecule has 0 fully saturated rings. The van der Waals surface area contributed by atoms with Crippen LogP contribution in [0.15, 0.2) is 18.3 Å². The van der Waals surface area contributed by atoms with Crippen molar-refractivity contribution in [2.24, 2.45) is 0 Å². The van der Waals surface area contributed by atoms with E-state index in [0.29, 0.717) is 12.2 Å². The second-order valence-corrected chi connectivity index (χ2v) is 4.04. The van der Waals surface area contributed by atoms with E-state index in [1.807, 2.05) is 0 Å². The fourth-order valence-electron chi connectivity index (χ4n) is 1.75. The smallest absolute Gasteiger partial charge is 0.408 e. The Bertz CT molecular complexity index is 595. The van der Waals surface area contributed by atoms with Crippen LogP contribution in [0.25, 0.3) is 11.4 Å². The lowest BCUT2D eigenvalue weighted by atomic mass is 10.2. The number of rotatable bonds is 4. The van der Waals surface area contributed by atoms with Crippen molar-refractivity contribution in [3.63, 3.8) is 0 Å². The molecule has 0 aliphatic rings. The molecule has 0 aliphatic heterocycles. The Labute approximate surface area is 113 Å². The third-order valence-corrected chi connectivity index (χ3v) is 2.40. The largest absolute Gasteiger partial charge is 0.477 e. The highest BCUT2D eigenvalue weighted by atomic mass is 19.4. The quantitative estimate of drug-likeness (QED) is 0.867. The summed E-state index contributed by atoms with van der Waals surface area (Å²) < 4.78 is 43.8. The molecule has 0 radical (unpaired) electrons. The standard InChI is InChI=1S/C12H13F3N4O/c1-3-20-11-9(5-4-6-16-11)10-17-8(2)18-19(10)7-12(13,14)15/h4-6H,3,7H2,1-2H3. The van der Waals surface area contributed by atoms with Crippen molar-refractivity contribution in [3.8, 4) is 17.3 Å². The van der Waals surface area contributed by atoms with Gasteiger partial charge in [-0.2, -0.15) is 18.3 Å².